The quantitative estimate of drug-likeness (QED) is 0.354. The summed E-state index contributed by atoms with van der Waals surface area (Å²) in [7, 11) is -3.74. The third-order valence-corrected chi connectivity index (χ3v) is 7.07. The van der Waals surface area contributed by atoms with Crippen LogP contribution in [0.15, 0.2) is 76.4 Å². The van der Waals surface area contributed by atoms with Crippen LogP contribution in [0.3, 0.4) is 0 Å². The van der Waals surface area contributed by atoms with Gasteiger partial charge in [0.2, 0.25) is 10.0 Å². The van der Waals surface area contributed by atoms with Crippen LogP contribution in [-0.4, -0.2) is 40.9 Å². The molecule has 172 valence electrons. The fourth-order valence-electron chi connectivity index (χ4n) is 3.29. The minimum Gasteiger partial charge on any atom is -0.468 e. The molecule has 4 rings (SSSR count). The number of amides is 1. The van der Waals surface area contributed by atoms with E-state index in [0.717, 1.165) is 5.75 Å². The number of nitrogens with one attached hydrogen (secondary N) is 2. The largest absolute Gasteiger partial charge is 0.468 e. The highest BCUT2D eigenvalue weighted by Crippen LogP contribution is 2.19. The summed E-state index contributed by atoms with van der Waals surface area (Å²) in [4.78, 5) is 13.0. The van der Waals surface area contributed by atoms with E-state index in [-0.39, 0.29) is 23.4 Å². The normalized spacial score (nSPS) is 12.6. The molecular formula is C22H23N5O4S2. The topological polar surface area (TPSA) is 119 Å². The molecule has 0 aliphatic rings. The molecule has 0 fully saturated rings. The highest BCUT2D eigenvalue weighted by atomic mass is 32.2. The van der Waals surface area contributed by atoms with E-state index in [9.17, 15) is 13.2 Å². The van der Waals surface area contributed by atoms with Gasteiger partial charge in [-0.25, -0.2) is 13.1 Å². The van der Waals surface area contributed by atoms with E-state index >= 15 is 0 Å². The molecule has 2 N–H and O–H groups in total. The van der Waals surface area contributed by atoms with Gasteiger partial charge in [-0.1, -0.05) is 6.07 Å². The van der Waals surface area contributed by atoms with Crippen LogP contribution < -0.4 is 10.0 Å². The molecule has 1 unspecified atom stereocenters. The van der Waals surface area contributed by atoms with Gasteiger partial charge in [0.05, 0.1) is 23.7 Å². The van der Waals surface area contributed by atoms with Crippen molar-refractivity contribution >= 4 is 33.3 Å². The molecule has 3 aromatic heterocycles. The van der Waals surface area contributed by atoms with Gasteiger partial charge in [0, 0.05) is 11.8 Å². The van der Waals surface area contributed by atoms with Gasteiger partial charge in [-0.3, -0.25) is 9.20 Å². The van der Waals surface area contributed by atoms with Crippen molar-refractivity contribution in [3.63, 3.8) is 0 Å². The van der Waals surface area contributed by atoms with Crippen molar-refractivity contribution in [2.45, 2.75) is 23.9 Å². The number of hydrogen-bond donors (Lipinski definition) is 2. The lowest BCUT2D eigenvalue weighted by molar-refractivity contribution is 0.0933. The van der Waals surface area contributed by atoms with Crippen molar-refractivity contribution in [2.75, 3.05) is 12.0 Å². The Labute approximate surface area is 195 Å². The standard InChI is InChI=1S/C22H23N5O4S2/c1-32-14-11-19(21-26-25-20-6-2-3-12-27(20)21)24-22(28)16-7-9-18(10-8-16)33(29,30)23-15-17-5-4-13-31-17/h2-10,12-13,19,23H,11,14-15H2,1H3,(H,24,28). The van der Waals surface area contributed by atoms with Crippen molar-refractivity contribution < 1.29 is 17.6 Å². The van der Waals surface area contributed by atoms with Crippen LogP contribution in [0, 0.1) is 0 Å². The van der Waals surface area contributed by atoms with E-state index < -0.39 is 10.0 Å². The third kappa shape index (κ3) is 5.44. The minimum atomic E-state index is -3.74. The van der Waals surface area contributed by atoms with Crippen LogP contribution in [0.5, 0.6) is 0 Å². The molecule has 0 bridgehead atoms. The van der Waals surface area contributed by atoms with Gasteiger partial charge in [0.15, 0.2) is 11.5 Å². The molecule has 33 heavy (non-hydrogen) atoms. The number of sulfonamides is 1. The molecule has 0 radical (unpaired) electrons. The lowest BCUT2D eigenvalue weighted by Crippen LogP contribution is -2.30. The van der Waals surface area contributed by atoms with Crippen molar-refractivity contribution in [1.29, 1.82) is 0 Å². The highest BCUT2D eigenvalue weighted by molar-refractivity contribution is 7.98. The van der Waals surface area contributed by atoms with Gasteiger partial charge in [0.25, 0.3) is 5.91 Å². The number of hydrogen-bond acceptors (Lipinski definition) is 7. The molecule has 11 heteroatoms. The molecule has 9 nitrogen and oxygen atoms in total. The molecule has 0 aliphatic heterocycles. The second-order valence-electron chi connectivity index (χ2n) is 7.22. The predicted molar refractivity (Wildman–Crippen MR) is 125 cm³/mol. The SMILES string of the molecule is CSCCC(NC(=O)c1ccc(S(=O)(=O)NCc2ccco2)cc1)c1nnc2ccccn12. The monoisotopic (exact) mass is 485 g/mol. The summed E-state index contributed by atoms with van der Waals surface area (Å²) in [6, 6.07) is 14.4. The smallest absolute Gasteiger partial charge is 0.251 e. The van der Waals surface area contributed by atoms with E-state index in [1.165, 1.54) is 30.5 Å². The molecular weight excluding hydrogens is 462 g/mol. The summed E-state index contributed by atoms with van der Waals surface area (Å²) in [6.45, 7) is 0.0427. The first-order valence-corrected chi connectivity index (χ1v) is 13.1. The number of nitrogens with zero attached hydrogens (tertiary/aromatic N) is 3. The minimum absolute atomic E-state index is 0.0427. The maximum absolute atomic E-state index is 12.9. The second-order valence-corrected chi connectivity index (χ2v) is 9.98. The van der Waals surface area contributed by atoms with Crippen LogP contribution in [0.2, 0.25) is 0 Å². The maximum Gasteiger partial charge on any atom is 0.251 e. The molecule has 0 saturated carbocycles. The molecule has 1 amide bonds. The second kappa shape index (κ2) is 10.2. The summed E-state index contributed by atoms with van der Waals surface area (Å²) < 4.78 is 34.5. The molecule has 4 aromatic rings. The summed E-state index contributed by atoms with van der Waals surface area (Å²) in [5.41, 5.74) is 1.05. The van der Waals surface area contributed by atoms with E-state index in [4.69, 9.17) is 4.42 Å². The average molecular weight is 486 g/mol. The molecule has 0 aliphatic carbocycles. The fraction of sp³-hybridized carbons (Fsp3) is 0.227. The highest BCUT2D eigenvalue weighted by Gasteiger charge is 2.21. The summed E-state index contributed by atoms with van der Waals surface area (Å²) in [5, 5.41) is 11.5. The Morgan fingerprint density at radius 3 is 2.67 bits per heavy atom. The lowest BCUT2D eigenvalue weighted by atomic mass is 10.1. The Kier molecular flexibility index (Phi) is 7.11. The number of carbonyl (C=O) groups excluding carboxylic acids is 1. The molecule has 3 heterocycles. The van der Waals surface area contributed by atoms with E-state index in [1.807, 2.05) is 35.1 Å². The Hall–Kier alpha value is -3.15. The zero-order valence-electron chi connectivity index (χ0n) is 17.8. The number of aromatic nitrogens is 3. The number of furan rings is 1. The van der Waals surface area contributed by atoms with E-state index in [1.54, 1.807) is 23.9 Å². The van der Waals surface area contributed by atoms with Crippen molar-refractivity contribution in [3.05, 3.63) is 84.2 Å². The molecule has 0 saturated heterocycles. The van der Waals surface area contributed by atoms with Gasteiger partial charge < -0.3 is 9.73 Å². The average Bonchev–Trinajstić information content (AvgIpc) is 3.50. The number of benzene rings is 1. The van der Waals surface area contributed by atoms with E-state index in [0.29, 0.717) is 29.2 Å². The summed E-state index contributed by atoms with van der Waals surface area (Å²) in [5.74, 6) is 1.66. The van der Waals surface area contributed by atoms with Crippen LogP contribution in [0.25, 0.3) is 5.65 Å². The van der Waals surface area contributed by atoms with Crippen LogP contribution >= 0.6 is 11.8 Å². The maximum atomic E-state index is 12.9. The van der Waals surface area contributed by atoms with Gasteiger partial charge in [-0.2, -0.15) is 11.8 Å². The third-order valence-electron chi connectivity index (χ3n) is 5.01. The molecule has 1 aromatic carbocycles. The first-order chi connectivity index (χ1) is 16.0. The number of rotatable bonds is 10. The predicted octanol–water partition coefficient (Wildman–Crippen LogP) is 3.03. The van der Waals surface area contributed by atoms with E-state index in [2.05, 4.69) is 20.2 Å². The van der Waals surface area contributed by atoms with Gasteiger partial charge >= 0.3 is 0 Å². The van der Waals surface area contributed by atoms with Crippen LogP contribution in [0.4, 0.5) is 0 Å². The van der Waals surface area contributed by atoms with Crippen molar-refractivity contribution in [2.24, 2.45) is 0 Å². The first-order valence-electron chi connectivity index (χ1n) is 10.2. The Morgan fingerprint density at radius 2 is 1.94 bits per heavy atom. The number of carbonyl (C=O) groups is 1. The van der Waals surface area contributed by atoms with Crippen molar-refractivity contribution in [1.82, 2.24) is 24.6 Å². The molecule has 1 atom stereocenters. The summed E-state index contributed by atoms with van der Waals surface area (Å²) >= 11 is 1.67. The number of pyridine rings is 1. The Morgan fingerprint density at radius 1 is 1.12 bits per heavy atom. The first kappa shape index (κ1) is 23.0. The van der Waals surface area contributed by atoms with Gasteiger partial charge in [-0.05, 0) is 67.0 Å². The summed E-state index contributed by atoms with van der Waals surface area (Å²) in [6.07, 6.45) is 6.01. The van der Waals surface area contributed by atoms with Gasteiger partial charge in [0.1, 0.15) is 5.76 Å². The van der Waals surface area contributed by atoms with Gasteiger partial charge in [-0.15, -0.1) is 10.2 Å². The Bertz CT molecular complexity index is 1320. The lowest BCUT2D eigenvalue weighted by Gasteiger charge is -2.17. The fourth-order valence-corrected chi connectivity index (χ4v) is 4.75. The zero-order chi connectivity index (χ0) is 23.3. The zero-order valence-corrected chi connectivity index (χ0v) is 19.5. The van der Waals surface area contributed by atoms with Crippen LogP contribution in [0.1, 0.15) is 34.4 Å². The number of fused-ring (bicyclic) bond motifs is 1. The van der Waals surface area contributed by atoms with Crippen LogP contribution in [-0.2, 0) is 16.6 Å². The molecule has 0 spiro atoms. The Balaban J connectivity index is 1.48. The van der Waals surface area contributed by atoms with Crippen molar-refractivity contribution in [3.8, 4) is 0 Å². The number of thioether (sulfide) groups is 1.